The molecule has 25 heavy (non-hydrogen) atoms. The number of likely N-dealkylation sites (N-methyl/N-ethyl adjacent to an activating group) is 1. The van der Waals surface area contributed by atoms with Crippen LogP contribution in [0.2, 0.25) is 0 Å². The minimum atomic E-state index is -3.78. The molecule has 0 fully saturated rings. The second-order valence-electron chi connectivity index (χ2n) is 5.40. The summed E-state index contributed by atoms with van der Waals surface area (Å²) in [6, 6.07) is 9.31. The zero-order valence-electron chi connectivity index (χ0n) is 14.1. The Labute approximate surface area is 145 Å². The third kappa shape index (κ3) is 4.46. The molecule has 0 radical (unpaired) electrons. The van der Waals surface area contributed by atoms with Gasteiger partial charge in [0.15, 0.2) is 0 Å². The number of benzene rings is 1. The molecular formula is C16H19N3O5S. The third-order valence-corrected chi connectivity index (χ3v) is 5.24. The van der Waals surface area contributed by atoms with Gasteiger partial charge in [-0.2, -0.15) is 4.31 Å². The van der Waals surface area contributed by atoms with E-state index in [1.807, 2.05) is 0 Å². The van der Waals surface area contributed by atoms with Crippen molar-refractivity contribution in [3.05, 3.63) is 53.5 Å². The highest BCUT2D eigenvalue weighted by atomic mass is 32.2. The molecule has 1 heterocycles. The fraction of sp³-hybridized carbons (Fsp3) is 0.250. The van der Waals surface area contributed by atoms with Crippen LogP contribution in [0.5, 0.6) is 0 Å². The van der Waals surface area contributed by atoms with E-state index in [1.54, 1.807) is 38.1 Å². The number of nitrogens with one attached hydrogen (secondary N) is 2. The van der Waals surface area contributed by atoms with Crippen LogP contribution in [0.4, 0.5) is 0 Å². The maximum absolute atomic E-state index is 12.3. The molecule has 0 aliphatic heterocycles. The van der Waals surface area contributed by atoms with Gasteiger partial charge >= 0.3 is 0 Å². The van der Waals surface area contributed by atoms with Crippen LogP contribution in [0.25, 0.3) is 0 Å². The second-order valence-corrected chi connectivity index (χ2v) is 7.45. The number of carbonyl (C=O) groups excluding carboxylic acids is 2. The lowest BCUT2D eigenvalue weighted by Crippen LogP contribution is -2.46. The molecule has 0 bridgehead atoms. The van der Waals surface area contributed by atoms with E-state index in [9.17, 15) is 18.0 Å². The largest absolute Gasteiger partial charge is 0.466 e. The van der Waals surface area contributed by atoms with Crippen molar-refractivity contribution in [3.8, 4) is 0 Å². The van der Waals surface area contributed by atoms with Crippen molar-refractivity contribution in [2.45, 2.75) is 18.7 Å². The summed E-state index contributed by atoms with van der Waals surface area (Å²) in [6.07, 6.45) is 0. The Bertz CT molecular complexity index is 874. The quantitative estimate of drug-likeness (QED) is 0.768. The molecule has 0 aliphatic rings. The number of hydrogen-bond donors (Lipinski definition) is 2. The first kappa shape index (κ1) is 18.7. The molecule has 0 saturated heterocycles. The molecular weight excluding hydrogens is 346 g/mol. The van der Waals surface area contributed by atoms with Crippen LogP contribution in [0.15, 0.2) is 45.7 Å². The summed E-state index contributed by atoms with van der Waals surface area (Å²) in [4.78, 5) is 24.0. The van der Waals surface area contributed by atoms with E-state index in [1.165, 1.54) is 19.2 Å². The minimum absolute atomic E-state index is 0.0823. The third-order valence-electron chi connectivity index (χ3n) is 3.42. The predicted molar refractivity (Wildman–Crippen MR) is 90.0 cm³/mol. The number of hydrazine groups is 1. The van der Waals surface area contributed by atoms with E-state index in [4.69, 9.17) is 4.42 Å². The summed E-state index contributed by atoms with van der Waals surface area (Å²) < 4.78 is 30.8. The first-order valence-electron chi connectivity index (χ1n) is 7.39. The normalized spacial score (nSPS) is 11.4. The number of rotatable bonds is 5. The minimum Gasteiger partial charge on any atom is -0.466 e. The van der Waals surface area contributed by atoms with Gasteiger partial charge in [0.2, 0.25) is 10.0 Å². The molecule has 2 amide bonds. The molecule has 2 N–H and O–H groups in total. The highest BCUT2D eigenvalue weighted by molar-refractivity contribution is 7.89. The van der Waals surface area contributed by atoms with E-state index < -0.39 is 28.4 Å². The zero-order valence-corrected chi connectivity index (χ0v) is 14.9. The zero-order chi connectivity index (χ0) is 18.6. The van der Waals surface area contributed by atoms with Gasteiger partial charge in [-0.15, -0.1) is 0 Å². The number of nitrogens with zero attached hydrogens (tertiary/aromatic N) is 1. The number of carbonyl (C=O) groups is 2. The molecule has 2 aromatic rings. The van der Waals surface area contributed by atoms with Crippen molar-refractivity contribution in [1.82, 2.24) is 15.2 Å². The Morgan fingerprint density at radius 2 is 1.76 bits per heavy atom. The van der Waals surface area contributed by atoms with Gasteiger partial charge in [-0.05, 0) is 32.0 Å². The number of aryl methyl sites for hydroxylation is 2. The van der Waals surface area contributed by atoms with Gasteiger partial charge in [-0.3, -0.25) is 20.4 Å². The van der Waals surface area contributed by atoms with E-state index in [0.29, 0.717) is 17.1 Å². The van der Waals surface area contributed by atoms with Crippen molar-refractivity contribution >= 4 is 21.8 Å². The average Bonchev–Trinajstić information content (AvgIpc) is 2.91. The molecule has 0 unspecified atom stereocenters. The SMILES string of the molecule is Cc1cc(C(=O)NNC(=O)CN(C)S(=O)(=O)c2ccccc2)c(C)o1. The highest BCUT2D eigenvalue weighted by Gasteiger charge is 2.23. The summed E-state index contributed by atoms with van der Waals surface area (Å²) in [7, 11) is -2.50. The maximum Gasteiger partial charge on any atom is 0.273 e. The van der Waals surface area contributed by atoms with Crippen LogP contribution in [-0.2, 0) is 14.8 Å². The first-order valence-corrected chi connectivity index (χ1v) is 8.83. The number of sulfonamides is 1. The Hall–Kier alpha value is -2.65. The smallest absolute Gasteiger partial charge is 0.273 e. The molecule has 0 aliphatic carbocycles. The van der Waals surface area contributed by atoms with Gasteiger partial charge in [0, 0.05) is 7.05 Å². The van der Waals surface area contributed by atoms with Crippen molar-refractivity contribution in [2.24, 2.45) is 0 Å². The van der Waals surface area contributed by atoms with Crippen molar-refractivity contribution in [3.63, 3.8) is 0 Å². The van der Waals surface area contributed by atoms with Gasteiger partial charge in [0.25, 0.3) is 11.8 Å². The van der Waals surface area contributed by atoms with Gasteiger partial charge in [-0.25, -0.2) is 8.42 Å². The Morgan fingerprint density at radius 1 is 1.12 bits per heavy atom. The van der Waals surface area contributed by atoms with Crippen LogP contribution in [-0.4, -0.2) is 38.1 Å². The molecule has 0 atom stereocenters. The fourth-order valence-corrected chi connectivity index (χ4v) is 3.30. The van der Waals surface area contributed by atoms with Gasteiger partial charge in [0.05, 0.1) is 17.0 Å². The van der Waals surface area contributed by atoms with E-state index >= 15 is 0 Å². The molecule has 2 rings (SSSR count). The first-order chi connectivity index (χ1) is 11.7. The van der Waals surface area contributed by atoms with Gasteiger partial charge in [0.1, 0.15) is 11.5 Å². The van der Waals surface area contributed by atoms with Crippen molar-refractivity contribution in [2.75, 3.05) is 13.6 Å². The summed E-state index contributed by atoms with van der Waals surface area (Å²) in [5.74, 6) is -0.222. The Balaban J connectivity index is 1.94. The molecule has 1 aromatic carbocycles. The van der Waals surface area contributed by atoms with E-state index in [0.717, 1.165) is 4.31 Å². The van der Waals surface area contributed by atoms with E-state index in [-0.39, 0.29) is 4.90 Å². The van der Waals surface area contributed by atoms with Crippen LogP contribution >= 0.6 is 0 Å². The summed E-state index contributed by atoms with van der Waals surface area (Å²) in [5, 5.41) is 0. The number of amides is 2. The fourth-order valence-electron chi connectivity index (χ4n) is 2.15. The van der Waals surface area contributed by atoms with Crippen LogP contribution in [0.1, 0.15) is 21.9 Å². The lowest BCUT2D eigenvalue weighted by Gasteiger charge is -2.17. The highest BCUT2D eigenvalue weighted by Crippen LogP contribution is 2.14. The Kier molecular flexibility index (Phi) is 5.60. The van der Waals surface area contributed by atoms with Crippen LogP contribution < -0.4 is 10.9 Å². The average molecular weight is 365 g/mol. The maximum atomic E-state index is 12.3. The Morgan fingerprint density at radius 3 is 2.32 bits per heavy atom. The molecule has 0 saturated carbocycles. The summed E-state index contributed by atoms with van der Waals surface area (Å²) in [6.45, 7) is 2.89. The summed E-state index contributed by atoms with van der Waals surface area (Å²) in [5.41, 5.74) is 4.71. The second kappa shape index (κ2) is 7.49. The van der Waals surface area contributed by atoms with Crippen molar-refractivity contribution < 1.29 is 22.4 Å². The molecule has 9 heteroatoms. The lowest BCUT2D eigenvalue weighted by atomic mass is 10.2. The number of hydrogen-bond acceptors (Lipinski definition) is 5. The van der Waals surface area contributed by atoms with E-state index in [2.05, 4.69) is 10.9 Å². The van der Waals surface area contributed by atoms with Crippen LogP contribution in [0, 0.1) is 13.8 Å². The molecule has 8 nitrogen and oxygen atoms in total. The predicted octanol–water partition coefficient (Wildman–Crippen LogP) is 0.978. The van der Waals surface area contributed by atoms with Gasteiger partial charge < -0.3 is 4.42 Å². The van der Waals surface area contributed by atoms with Gasteiger partial charge in [-0.1, -0.05) is 18.2 Å². The topological polar surface area (TPSA) is 109 Å². The molecule has 0 spiro atoms. The van der Waals surface area contributed by atoms with Crippen molar-refractivity contribution in [1.29, 1.82) is 0 Å². The number of furan rings is 1. The lowest BCUT2D eigenvalue weighted by molar-refractivity contribution is -0.121. The monoisotopic (exact) mass is 365 g/mol. The summed E-state index contributed by atoms with van der Waals surface area (Å²) >= 11 is 0. The molecule has 1 aromatic heterocycles. The standard InChI is InChI=1S/C16H19N3O5S/c1-11-9-14(12(2)24-11)16(21)18-17-15(20)10-19(3)25(22,23)13-7-5-4-6-8-13/h4-9H,10H2,1-3H3,(H,17,20)(H,18,21). The molecule has 134 valence electrons. The van der Waals surface area contributed by atoms with Crippen LogP contribution in [0.3, 0.4) is 0 Å².